The molecule has 27 heavy (non-hydrogen) atoms. The molecule has 3 N–H and O–H groups in total. The van der Waals surface area contributed by atoms with Gasteiger partial charge in [-0.1, -0.05) is 54.6 Å². The first-order chi connectivity index (χ1) is 12.9. The molecule has 5 nitrogen and oxygen atoms in total. The number of carbonyl (C=O) groups excluding carboxylic acids is 1. The molecule has 0 aliphatic heterocycles. The van der Waals surface area contributed by atoms with Crippen LogP contribution in [0.1, 0.15) is 15.9 Å². The van der Waals surface area contributed by atoms with Crippen molar-refractivity contribution in [1.29, 1.82) is 0 Å². The molecule has 3 aromatic rings. The van der Waals surface area contributed by atoms with Gasteiger partial charge in [0.25, 0.3) is 5.91 Å². The van der Waals surface area contributed by atoms with Gasteiger partial charge in [-0.05, 0) is 47.4 Å². The monoisotopic (exact) mass is 380 g/mol. The van der Waals surface area contributed by atoms with Gasteiger partial charge in [0.1, 0.15) is 0 Å². The first-order valence-electron chi connectivity index (χ1n) is 8.49. The van der Waals surface area contributed by atoms with Crippen LogP contribution >= 0.6 is 0 Å². The summed E-state index contributed by atoms with van der Waals surface area (Å²) < 4.78 is 22.5. The summed E-state index contributed by atoms with van der Waals surface area (Å²) in [6.07, 6.45) is 0.596. The minimum Gasteiger partial charge on any atom is -0.352 e. The Bertz CT molecular complexity index is 1010. The van der Waals surface area contributed by atoms with E-state index >= 15 is 0 Å². The summed E-state index contributed by atoms with van der Waals surface area (Å²) in [7, 11) is -3.68. The molecular weight excluding hydrogens is 360 g/mol. The van der Waals surface area contributed by atoms with E-state index in [1.165, 1.54) is 12.1 Å². The first kappa shape index (κ1) is 18.8. The van der Waals surface area contributed by atoms with Gasteiger partial charge in [0.05, 0.1) is 4.90 Å². The Balaban J connectivity index is 1.55. The van der Waals surface area contributed by atoms with E-state index in [2.05, 4.69) is 5.32 Å². The Hall–Kier alpha value is -2.96. The van der Waals surface area contributed by atoms with Gasteiger partial charge >= 0.3 is 0 Å². The Morgan fingerprint density at radius 1 is 0.815 bits per heavy atom. The van der Waals surface area contributed by atoms with E-state index < -0.39 is 10.0 Å². The molecule has 0 atom stereocenters. The van der Waals surface area contributed by atoms with Crippen LogP contribution in [0.25, 0.3) is 11.1 Å². The van der Waals surface area contributed by atoms with Gasteiger partial charge in [-0.2, -0.15) is 0 Å². The second kappa shape index (κ2) is 8.16. The van der Waals surface area contributed by atoms with Crippen LogP contribution in [0.15, 0.2) is 83.8 Å². The maximum atomic E-state index is 12.3. The highest BCUT2D eigenvalue weighted by Crippen LogP contribution is 2.19. The molecule has 0 bridgehead atoms. The number of benzene rings is 3. The van der Waals surface area contributed by atoms with Crippen molar-refractivity contribution in [2.75, 3.05) is 6.54 Å². The minimum atomic E-state index is -3.68. The largest absolute Gasteiger partial charge is 0.352 e. The van der Waals surface area contributed by atoms with Gasteiger partial charge in [0.15, 0.2) is 0 Å². The number of hydrogen-bond acceptors (Lipinski definition) is 3. The van der Waals surface area contributed by atoms with Crippen LogP contribution < -0.4 is 10.5 Å². The van der Waals surface area contributed by atoms with Crippen LogP contribution in [0.4, 0.5) is 0 Å². The smallest absolute Gasteiger partial charge is 0.251 e. The lowest BCUT2D eigenvalue weighted by Gasteiger charge is -2.07. The van der Waals surface area contributed by atoms with Crippen LogP contribution in [0.2, 0.25) is 0 Å². The highest BCUT2D eigenvalue weighted by molar-refractivity contribution is 7.89. The van der Waals surface area contributed by atoms with E-state index in [1.807, 2.05) is 42.5 Å². The zero-order valence-corrected chi connectivity index (χ0v) is 15.4. The van der Waals surface area contributed by atoms with E-state index in [-0.39, 0.29) is 10.8 Å². The topological polar surface area (TPSA) is 89.3 Å². The number of rotatable bonds is 6. The van der Waals surface area contributed by atoms with Crippen LogP contribution in [0.3, 0.4) is 0 Å². The second-order valence-corrected chi connectivity index (χ2v) is 7.70. The Morgan fingerprint density at radius 3 is 2.00 bits per heavy atom. The van der Waals surface area contributed by atoms with E-state index in [0.29, 0.717) is 18.5 Å². The van der Waals surface area contributed by atoms with Gasteiger partial charge in [-0.3, -0.25) is 4.79 Å². The molecule has 0 saturated heterocycles. The second-order valence-electron chi connectivity index (χ2n) is 6.14. The number of hydrogen-bond donors (Lipinski definition) is 2. The van der Waals surface area contributed by atoms with Crippen molar-refractivity contribution < 1.29 is 13.2 Å². The van der Waals surface area contributed by atoms with Crippen LogP contribution in [0.5, 0.6) is 0 Å². The molecule has 0 fully saturated rings. The third-order valence-electron chi connectivity index (χ3n) is 4.21. The SMILES string of the molecule is NS(=O)(=O)c1ccc(CCNC(=O)c2ccc(-c3ccccc3)cc2)cc1. The number of amides is 1. The van der Waals surface area contributed by atoms with Gasteiger partial charge in [-0.15, -0.1) is 0 Å². The van der Waals surface area contributed by atoms with E-state index in [1.54, 1.807) is 24.3 Å². The fraction of sp³-hybridized carbons (Fsp3) is 0.0952. The average Bonchev–Trinajstić information content (AvgIpc) is 2.68. The van der Waals surface area contributed by atoms with Crippen molar-refractivity contribution in [2.24, 2.45) is 5.14 Å². The molecule has 0 unspecified atom stereocenters. The molecule has 0 heterocycles. The third kappa shape index (κ3) is 5.03. The highest BCUT2D eigenvalue weighted by Gasteiger charge is 2.08. The number of primary sulfonamides is 1. The van der Waals surface area contributed by atoms with Crippen molar-refractivity contribution in [3.8, 4) is 11.1 Å². The minimum absolute atomic E-state index is 0.0776. The van der Waals surface area contributed by atoms with Crippen LogP contribution in [-0.4, -0.2) is 20.9 Å². The van der Waals surface area contributed by atoms with E-state index in [0.717, 1.165) is 16.7 Å². The fourth-order valence-electron chi connectivity index (χ4n) is 2.71. The number of carbonyl (C=O) groups is 1. The summed E-state index contributed by atoms with van der Waals surface area (Å²) in [6.45, 7) is 0.452. The predicted octanol–water partition coefficient (Wildman–Crippen LogP) is 2.97. The molecule has 0 saturated carbocycles. The highest BCUT2D eigenvalue weighted by atomic mass is 32.2. The Kier molecular flexibility index (Phi) is 5.69. The summed E-state index contributed by atoms with van der Waals surface area (Å²) >= 11 is 0. The average molecular weight is 380 g/mol. The molecule has 1 amide bonds. The summed E-state index contributed by atoms with van der Waals surface area (Å²) in [4.78, 5) is 12.3. The Labute approximate surface area is 158 Å². The molecule has 3 rings (SSSR count). The molecule has 0 aliphatic carbocycles. The molecule has 0 aromatic heterocycles. The predicted molar refractivity (Wildman–Crippen MR) is 106 cm³/mol. The summed E-state index contributed by atoms with van der Waals surface area (Å²) in [5.41, 5.74) is 3.68. The van der Waals surface area contributed by atoms with Crippen LogP contribution in [0, 0.1) is 0 Å². The molecule has 138 valence electrons. The van der Waals surface area contributed by atoms with Crippen molar-refractivity contribution >= 4 is 15.9 Å². The Morgan fingerprint density at radius 2 is 1.41 bits per heavy atom. The van der Waals surface area contributed by atoms with Crippen molar-refractivity contribution in [2.45, 2.75) is 11.3 Å². The lowest BCUT2D eigenvalue weighted by Crippen LogP contribution is -2.25. The maximum Gasteiger partial charge on any atom is 0.251 e. The van der Waals surface area contributed by atoms with Crippen molar-refractivity contribution in [1.82, 2.24) is 5.32 Å². The van der Waals surface area contributed by atoms with Gasteiger partial charge in [-0.25, -0.2) is 13.6 Å². The summed E-state index contributed by atoms with van der Waals surface area (Å²) in [6, 6.07) is 23.8. The van der Waals surface area contributed by atoms with Crippen molar-refractivity contribution in [3.05, 3.63) is 90.0 Å². The number of sulfonamides is 1. The standard InChI is InChI=1S/C21H20N2O3S/c22-27(25,26)20-12-6-16(7-13-20)14-15-23-21(24)19-10-8-18(9-11-19)17-4-2-1-3-5-17/h1-13H,14-15H2,(H,23,24)(H2,22,25,26). The maximum absolute atomic E-state index is 12.3. The lowest BCUT2D eigenvalue weighted by molar-refractivity contribution is 0.0954. The lowest BCUT2D eigenvalue weighted by atomic mass is 10.0. The first-order valence-corrected chi connectivity index (χ1v) is 10.0. The molecular formula is C21H20N2O3S. The fourth-order valence-corrected chi connectivity index (χ4v) is 3.23. The zero-order chi connectivity index (χ0) is 19.3. The van der Waals surface area contributed by atoms with Crippen molar-refractivity contribution in [3.63, 3.8) is 0 Å². The van der Waals surface area contributed by atoms with E-state index in [9.17, 15) is 13.2 Å². The van der Waals surface area contributed by atoms with E-state index in [4.69, 9.17) is 5.14 Å². The molecule has 6 heteroatoms. The van der Waals surface area contributed by atoms with Gasteiger partial charge < -0.3 is 5.32 Å². The molecule has 0 spiro atoms. The van der Waals surface area contributed by atoms with Gasteiger partial charge in [0.2, 0.25) is 10.0 Å². The normalized spacial score (nSPS) is 11.1. The molecule has 0 radical (unpaired) electrons. The summed E-state index contributed by atoms with van der Waals surface area (Å²) in [5, 5.41) is 7.94. The summed E-state index contributed by atoms with van der Waals surface area (Å²) in [5.74, 6) is -0.143. The molecule has 0 aliphatic rings. The zero-order valence-electron chi connectivity index (χ0n) is 14.6. The molecule has 3 aromatic carbocycles. The quantitative estimate of drug-likeness (QED) is 0.689. The third-order valence-corrected chi connectivity index (χ3v) is 5.13. The van der Waals surface area contributed by atoms with Crippen LogP contribution in [-0.2, 0) is 16.4 Å². The number of nitrogens with two attached hydrogens (primary N) is 1. The van der Waals surface area contributed by atoms with Gasteiger partial charge in [0, 0.05) is 12.1 Å². The number of nitrogens with one attached hydrogen (secondary N) is 1.